The zero-order valence-electron chi connectivity index (χ0n) is 16.8. The van der Waals surface area contributed by atoms with Gasteiger partial charge in [0.2, 0.25) is 0 Å². The first-order valence-corrected chi connectivity index (χ1v) is 9.48. The number of hydrogen-bond donors (Lipinski definition) is 3. The largest absolute Gasteiger partial charge is 0.507 e. The first-order valence-electron chi connectivity index (χ1n) is 9.48. The topological polar surface area (TPSA) is 95.9 Å². The van der Waals surface area contributed by atoms with Crippen LogP contribution >= 0.6 is 0 Å². The molecule has 3 rings (SSSR count). The van der Waals surface area contributed by atoms with E-state index in [0.29, 0.717) is 5.56 Å². The minimum Gasteiger partial charge on any atom is -0.507 e. The smallest absolute Gasteiger partial charge is 0.342 e. The van der Waals surface area contributed by atoms with Crippen molar-refractivity contribution < 1.29 is 24.5 Å². The quantitative estimate of drug-likeness (QED) is 0.538. The molecule has 3 aromatic carbocycles. The molecule has 1 amide bonds. The van der Waals surface area contributed by atoms with Gasteiger partial charge >= 0.3 is 5.97 Å². The van der Waals surface area contributed by atoms with Crippen molar-refractivity contribution in [1.29, 1.82) is 0 Å². The van der Waals surface area contributed by atoms with E-state index in [4.69, 9.17) is 4.74 Å². The Bertz CT molecular complexity index is 1060. The third-order valence-corrected chi connectivity index (χ3v) is 4.64. The molecular formula is C24H23NO5. The number of phenols is 2. The van der Waals surface area contributed by atoms with Gasteiger partial charge in [-0.25, -0.2) is 4.79 Å². The number of carbonyl (C=O) groups is 2. The minimum absolute atomic E-state index is 0.00541. The molecule has 3 N–H and O–H groups in total. The number of amides is 1. The van der Waals surface area contributed by atoms with E-state index in [2.05, 4.69) is 5.32 Å². The molecular weight excluding hydrogens is 382 g/mol. The van der Waals surface area contributed by atoms with Gasteiger partial charge < -0.3 is 20.3 Å². The summed E-state index contributed by atoms with van der Waals surface area (Å²) in [5.74, 6) is -1.48. The average Bonchev–Trinajstić information content (AvgIpc) is 2.74. The Labute approximate surface area is 174 Å². The van der Waals surface area contributed by atoms with Crippen molar-refractivity contribution in [2.45, 2.75) is 20.0 Å². The van der Waals surface area contributed by atoms with Crippen LogP contribution in [-0.2, 0) is 4.74 Å². The third-order valence-electron chi connectivity index (χ3n) is 4.64. The zero-order chi connectivity index (χ0) is 21.7. The summed E-state index contributed by atoms with van der Waals surface area (Å²) in [6.45, 7) is 3.62. The first kappa shape index (κ1) is 20.9. The fraction of sp³-hybridized carbons (Fsp3) is 0.167. The molecule has 6 nitrogen and oxygen atoms in total. The van der Waals surface area contributed by atoms with Gasteiger partial charge in [0.25, 0.3) is 5.91 Å². The van der Waals surface area contributed by atoms with Gasteiger partial charge in [-0.05, 0) is 43.7 Å². The molecule has 6 heteroatoms. The second-order valence-electron chi connectivity index (χ2n) is 7.06. The maximum Gasteiger partial charge on any atom is 0.342 e. The highest BCUT2D eigenvalue weighted by atomic mass is 16.5. The molecule has 1 unspecified atom stereocenters. The number of phenolic OH excluding ortho intramolecular Hbond substituents is 2. The number of aryl methyl sites for hydroxylation is 2. The highest BCUT2D eigenvalue weighted by Crippen LogP contribution is 2.24. The summed E-state index contributed by atoms with van der Waals surface area (Å²) in [4.78, 5) is 25.2. The highest BCUT2D eigenvalue weighted by Gasteiger charge is 2.22. The number of aromatic hydroxyl groups is 2. The third kappa shape index (κ3) is 4.97. The van der Waals surface area contributed by atoms with Crippen molar-refractivity contribution in [2.24, 2.45) is 0 Å². The maximum atomic E-state index is 12.7. The molecule has 0 saturated carbocycles. The fourth-order valence-corrected chi connectivity index (χ4v) is 3.01. The number of benzene rings is 3. The number of esters is 1. The molecule has 30 heavy (non-hydrogen) atoms. The summed E-state index contributed by atoms with van der Waals surface area (Å²) in [5, 5.41) is 22.7. The molecule has 0 heterocycles. The van der Waals surface area contributed by atoms with Gasteiger partial charge in [0.15, 0.2) is 0 Å². The highest BCUT2D eigenvalue weighted by molar-refractivity contribution is 5.97. The Hall–Kier alpha value is -3.80. The molecule has 0 aliphatic rings. The van der Waals surface area contributed by atoms with Crippen molar-refractivity contribution in [3.63, 3.8) is 0 Å². The summed E-state index contributed by atoms with van der Waals surface area (Å²) >= 11 is 0. The van der Waals surface area contributed by atoms with Gasteiger partial charge in [-0.3, -0.25) is 4.79 Å². The van der Waals surface area contributed by atoms with Gasteiger partial charge in [0.1, 0.15) is 23.2 Å². The molecule has 0 aliphatic heterocycles. The average molecular weight is 405 g/mol. The molecule has 3 aromatic rings. The van der Waals surface area contributed by atoms with Crippen molar-refractivity contribution in [2.75, 3.05) is 6.54 Å². The maximum absolute atomic E-state index is 12.7. The Morgan fingerprint density at radius 1 is 0.867 bits per heavy atom. The van der Waals surface area contributed by atoms with Crippen LogP contribution in [0.2, 0.25) is 0 Å². The van der Waals surface area contributed by atoms with E-state index in [1.165, 1.54) is 12.1 Å². The number of carbonyl (C=O) groups excluding carboxylic acids is 2. The SMILES string of the molecule is Cc1ccc(O)c(C(=O)NCC(OC(=O)c2cc(C)ccc2O)c2ccccc2)c1. The Morgan fingerprint density at radius 3 is 2.07 bits per heavy atom. The summed E-state index contributed by atoms with van der Waals surface area (Å²) in [6, 6.07) is 18.4. The Balaban J connectivity index is 1.80. The van der Waals surface area contributed by atoms with E-state index in [1.807, 2.05) is 13.0 Å². The lowest BCUT2D eigenvalue weighted by molar-refractivity contribution is 0.0289. The van der Waals surface area contributed by atoms with Crippen LogP contribution in [0.5, 0.6) is 11.5 Å². The van der Waals surface area contributed by atoms with Gasteiger partial charge in [-0.2, -0.15) is 0 Å². The monoisotopic (exact) mass is 405 g/mol. The summed E-state index contributed by atoms with van der Waals surface area (Å²) < 4.78 is 5.62. The van der Waals surface area contributed by atoms with E-state index in [-0.39, 0.29) is 29.2 Å². The van der Waals surface area contributed by atoms with E-state index >= 15 is 0 Å². The van der Waals surface area contributed by atoms with Gasteiger partial charge in [-0.15, -0.1) is 0 Å². The van der Waals surface area contributed by atoms with Crippen molar-refractivity contribution in [3.05, 3.63) is 94.5 Å². The van der Waals surface area contributed by atoms with Crippen LogP contribution in [-0.4, -0.2) is 28.6 Å². The molecule has 0 radical (unpaired) electrons. The van der Waals surface area contributed by atoms with E-state index in [9.17, 15) is 19.8 Å². The summed E-state index contributed by atoms with van der Waals surface area (Å²) in [6.07, 6.45) is -0.783. The van der Waals surface area contributed by atoms with Crippen LogP contribution < -0.4 is 5.32 Å². The zero-order valence-corrected chi connectivity index (χ0v) is 16.8. The van der Waals surface area contributed by atoms with Crippen molar-refractivity contribution in [3.8, 4) is 11.5 Å². The van der Waals surface area contributed by atoms with Gasteiger partial charge in [-0.1, -0.05) is 53.6 Å². The minimum atomic E-state index is -0.783. The van der Waals surface area contributed by atoms with Crippen LogP contribution in [0.15, 0.2) is 66.7 Å². The molecule has 154 valence electrons. The molecule has 0 spiro atoms. The number of hydrogen-bond acceptors (Lipinski definition) is 5. The van der Waals surface area contributed by atoms with Crippen LogP contribution in [0.1, 0.15) is 43.5 Å². The molecule has 0 fully saturated rings. The normalized spacial score (nSPS) is 11.5. The molecule has 1 atom stereocenters. The number of rotatable bonds is 6. The van der Waals surface area contributed by atoms with Gasteiger partial charge in [0.05, 0.1) is 12.1 Å². The second kappa shape index (κ2) is 9.13. The van der Waals surface area contributed by atoms with Crippen LogP contribution in [0.4, 0.5) is 0 Å². The molecule has 0 aliphatic carbocycles. The fourth-order valence-electron chi connectivity index (χ4n) is 3.01. The Kier molecular flexibility index (Phi) is 6.37. The lowest BCUT2D eigenvalue weighted by Gasteiger charge is -2.20. The second-order valence-corrected chi connectivity index (χ2v) is 7.06. The van der Waals surface area contributed by atoms with Crippen LogP contribution in [0.3, 0.4) is 0 Å². The Morgan fingerprint density at radius 2 is 1.43 bits per heavy atom. The van der Waals surface area contributed by atoms with E-state index in [0.717, 1.165) is 11.1 Å². The van der Waals surface area contributed by atoms with E-state index < -0.39 is 18.0 Å². The molecule has 0 bridgehead atoms. The standard InChI is InChI=1S/C24H23NO5/c1-15-8-10-20(26)18(12-15)23(28)25-14-22(17-6-4-3-5-7-17)30-24(29)19-13-16(2)9-11-21(19)27/h3-13,22,26-27H,14H2,1-2H3,(H,25,28). The van der Waals surface area contributed by atoms with Crippen molar-refractivity contribution in [1.82, 2.24) is 5.32 Å². The van der Waals surface area contributed by atoms with E-state index in [1.54, 1.807) is 55.5 Å². The van der Waals surface area contributed by atoms with Crippen LogP contribution in [0.25, 0.3) is 0 Å². The van der Waals surface area contributed by atoms with Crippen LogP contribution in [0, 0.1) is 13.8 Å². The lowest BCUT2D eigenvalue weighted by Crippen LogP contribution is -2.30. The summed E-state index contributed by atoms with van der Waals surface area (Å²) in [7, 11) is 0. The predicted octanol–water partition coefficient (Wildman–Crippen LogP) is 4.04. The lowest BCUT2D eigenvalue weighted by atomic mass is 10.1. The first-order chi connectivity index (χ1) is 14.3. The number of ether oxygens (including phenoxy) is 1. The summed E-state index contributed by atoms with van der Waals surface area (Å²) in [5.41, 5.74) is 2.52. The molecule has 0 aromatic heterocycles. The van der Waals surface area contributed by atoms with Crippen molar-refractivity contribution >= 4 is 11.9 Å². The molecule has 0 saturated heterocycles. The van der Waals surface area contributed by atoms with Gasteiger partial charge in [0, 0.05) is 0 Å². The number of nitrogens with one attached hydrogen (secondary N) is 1. The predicted molar refractivity (Wildman–Crippen MR) is 113 cm³/mol.